The monoisotopic (exact) mass is 295 g/mol. The molecule has 0 radical (unpaired) electrons. The quantitative estimate of drug-likeness (QED) is 0.670. The highest BCUT2D eigenvalue weighted by Gasteiger charge is 2.15. The van der Waals surface area contributed by atoms with Crippen LogP contribution in [0.25, 0.3) is 10.9 Å². The summed E-state index contributed by atoms with van der Waals surface area (Å²) >= 11 is 7.71. The standard InChI is InChI=1S/C14H18ClN3S/c1-3-5-9-8(2)18-12-10(6-4-7-11(12)15)13(9)19-14(16)17/h4,6-7,14H,3,5,16-17H2,1-2H3. The molecule has 0 unspecified atom stereocenters. The summed E-state index contributed by atoms with van der Waals surface area (Å²) in [5.41, 5.74) is 14.1. The highest BCUT2D eigenvalue weighted by molar-refractivity contribution is 8.00. The van der Waals surface area contributed by atoms with E-state index in [0.717, 1.165) is 34.3 Å². The largest absolute Gasteiger partial charge is 0.307 e. The maximum atomic E-state index is 6.23. The average molecular weight is 296 g/mol. The molecule has 0 amide bonds. The number of pyridine rings is 1. The van der Waals surface area contributed by atoms with Gasteiger partial charge in [0.2, 0.25) is 0 Å². The van der Waals surface area contributed by atoms with Crippen molar-refractivity contribution in [2.75, 3.05) is 0 Å². The van der Waals surface area contributed by atoms with Gasteiger partial charge in [-0.25, -0.2) is 0 Å². The van der Waals surface area contributed by atoms with E-state index in [-0.39, 0.29) is 0 Å². The van der Waals surface area contributed by atoms with Crippen LogP contribution in [0.3, 0.4) is 0 Å². The van der Waals surface area contributed by atoms with Gasteiger partial charge in [-0.2, -0.15) is 0 Å². The lowest BCUT2D eigenvalue weighted by Crippen LogP contribution is -2.26. The third kappa shape index (κ3) is 3.03. The molecule has 1 heterocycles. The predicted octanol–water partition coefficient (Wildman–Crippen LogP) is 3.44. The average Bonchev–Trinajstić information content (AvgIpc) is 2.34. The first kappa shape index (κ1) is 14.6. The summed E-state index contributed by atoms with van der Waals surface area (Å²) in [6.45, 7) is 4.16. The zero-order chi connectivity index (χ0) is 14.0. The Bertz CT molecular complexity index is 599. The second-order valence-corrected chi connectivity index (χ2v) is 6.07. The summed E-state index contributed by atoms with van der Waals surface area (Å²) in [7, 11) is 0. The molecule has 0 fully saturated rings. The van der Waals surface area contributed by atoms with Crippen LogP contribution in [0, 0.1) is 6.92 Å². The van der Waals surface area contributed by atoms with E-state index in [1.807, 2.05) is 25.1 Å². The van der Waals surface area contributed by atoms with E-state index in [1.54, 1.807) is 0 Å². The third-order valence-corrected chi connectivity index (χ3v) is 4.25. The highest BCUT2D eigenvalue weighted by Crippen LogP contribution is 2.35. The Balaban J connectivity index is 2.74. The van der Waals surface area contributed by atoms with Crippen LogP contribution in [-0.4, -0.2) is 10.5 Å². The van der Waals surface area contributed by atoms with Gasteiger partial charge in [0, 0.05) is 16.0 Å². The van der Waals surface area contributed by atoms with Crippen LogP contribution in [0.2, 0.25) is 5.02 Å². The van der Waals surface area contributed by atoms with Crippen LogP contribution in [0.15, 0.2) is 23.1 Å². The van der Waals surface area contributed by atoms with Gasteiger partial charge >= 0.3 is 0 Å². The van der Waals surface area contributed by atoms with Gasteiger partial charge in [0.25, 0.3) is 0 Å². The number of hydrogen-bond donors (Lipinski definition) is 2. The Morgan fingerprint density at radius 3 is 2.74 bits per heavy atom. The van der Waals surface area contributed by atoms with Crippen molar-refractivity contribution in [3.63, 3.8) is 0 Å². The molecule has 0 aliphatic heterocycles. The summed E-state index contributed by atoms with van der Waals surface area (Å²) in [5, 5.41) is 1.70. The van der Waals surface area contributed by atoms with Crippen molar-refractivity contribution in [3.05, 3.63) is 34.5 Å². The van der Waals surface area contributed by atoms with Gasteiger partial charge in [-0.3, -0.25) is 4.98 Å². The Morgan fingerprint density at radius 1 is 1.37 bits per heavy atom. The molecule has 5 heteroatoms. The number of fused-ring (bicyclic) bond motifs is 1. The molecule has 0 saturated carbocycles. The van der Waals surface area contributed by atoms with Gasteiger partial charge in [-0.15, -0.1) is 0 Å². The normalized spacial score (nSPS) is 11.5. The van der Waals surface area contributed by atoms with Crippen LogP contribution in [0.1, 0.15) is 24.6 Å². The first-order chi connectivity index (χ1) is 9.04. The zero-order valence-corrected chi connectivity index (χ0v) is 12.7. The number of rotatable bonds is 4. The minimum absolute atomic E-state index is 0.445. The molecule has 102 valence electrons. The number of thioether (sulfide) groups is 1. The second-order valence-electron chi connectivity index (χ2n) is 4.47. The molecular weight excluding hydrogens is 278 g/mol. The molecule has 1 aromatic carbocycles. The Kier molecular flexibility index (Phi) is 4.68. The van der Waals surface area contributed by atoms with Crippen molar-refractivity contribution in [3.8, 4) is 0 Å². The Hall–Kier alpha value is -0.810. The van der Waals surface area contributed by atoms with E-state index in [4.69, 9.17) is 23.1 Å². The van der Waals surface area contributed by atoms with Crippen LogP contribution in [-0.2, 0) is 6.42 Å². The topological polar surface area (TPSA) is 64.9 Å². The molecule has 0 spiro atoms. The molecule has 19 heavy (non-hydrogen) atoms. The number of hydrogen-bond acceptors (Lipinski definition) is 4. The number of para-hydroxylation sites is 1. The molecule has 0 saturated heterocycles. The van der Waals surface area contributed by atoms with Gasteiger partial charge in [-0.05, 0) is 25.0 Å². The van der Waals surface area contributed by atoms with Crippen molar-refractivity contribution in [2.45, 2.75) is 37.1 Å². The minimum atomic E-state index is -0.445. The fourth-order valence-electron chi connectivity index (χ4n) is 2.19. The minimum Gasteiger partial charge on any atom is -0.307 e. The molecule has 0 atom stereocenters. The van der Waals surface area contributed by atoms with E-state index >= 15 is 0 Å². The summed E-state index contributed by atoms with van der Waals surface area (Å²) < 4.78 is 0. The SMILES string of the molecule is CCCc1c(C)nc2c(Cl)cccc2c1SC(N)N. The molecule has 2 aromatic rings. The first-order valence-electron chi connectivity index (χ1n) is 6.30. The van der Waals surface area contributed by atoms with Gasteiger partial charge in [-0.1, -0.05) is 48.8 Å². The zero-order valence-electron chi connectivity index (χ0n) is 11.1. The van der Waals surface area contributed by atoms with Crippen molar-refractivity contribution < 1.29 is 0 Å². The fourth-order valence-corrected chi connectivity index (χ4v) is 3.36. The van der Waals surface area contributed by atoms with Gasteiger partial charge in [0.05, 0.1) is 10.5 Å². The van der Waals surface area contributed by atoms with Crippen molar-refractivity contribution in [2.24, 2.45) is 11.5 Å². The molecule has 3 nitrogen and oxygen atoms in total. The number of nitrogens with two attached hydrogens (primary N) is 2. The molecule has 0 aliphatic rings. The van der Waals surface area contributed by atoms with Gasteiger partial charge in [0.1, 0.15) is 5.50 Å². The van der Waals surface area contributed by atoms with Crippen molar-refractivity contribution in [1.29, 1.82) is 0 Å². The van der Waals surface area contributed by atoms with Gasteiger partial charge in [0.15, 0.2) is 0 Å². The maximum Gasteiger partial charge on any atom is 0.105 e. The lowest BCUT2D eigenvalue weighted by molar-refractivity contribution is 0.879. The Labute approximate surface area is 122 Å². The van der Waals surface area contributed by atoms with E-state index in [9.17, 15) is 0 Å². The lowest BCUT2D eigenvalue weighted by atomic mass is 10.1. The van der Waals surface area contributed by atoms with Crippen molar-refractivity contribution >= 4 is 34.3 Å². The molecular formula is C14H18ClN3S. The summed E-state index contributed by atoms with van der Waals surface area (Å²) in [6.07, 6.45) is 2.03. The number of aryl methyl sites for hydroxylation is 1. The van der Waals surface area contributed by atoms with Crippen molar-refractivity contribution in [1.82, 2.24) is 4.98 Å². The molecule has 1 aromatic heterocycles. The van der Waals surface area contributed by atoms with Crippen LogP contribution in [0.4, 0.5) is 0 Å². The molecule has 0 bridgehead atoms. The first-order valence-corrected chi connectivity index (χ1v) is 7.55. The van der Waals surface area contributed by atoms with Crippen LogP contribution < -0.4 is 11.5 Å². The lowest BCUT2D eigenvalue weighted by Gasteiger charge is -2.16. The Morgan fingerprint density at radius 2 is 2.11 bits per heavy atom. The van der Waals surface area contributed by atoms with E-state index in [0.29, 0.717) is 5.02 Å². The predicted molar refractivity (Wildman–Crippen MR) is 83.5 cm³/mol. The molecule has 4 N–H and O–H groups in total. The summed E-state index contributed by atoms with van der Waals surface area (Å²) in [5.74, 6) is 0. The number of halogens is 1. The maximum absolute atomic E-state index is 6.23. The molecule has 0 aliphatic carbocycles. The van der Waals surface area contributed by atoms with E-state index in [2.05, 4.69) is 11.9 Å². The van der Waals surface area contributed by atoms with Crippen LogP contribution in [0.5, 0.6) is 0 Å². The van der Waals surface area contributed by atoms with E-state index in [1.165, 1.54) is 17.3 Å². The number of aromatic nitrogens is 1. The number of nitrogens with zero attached hydrogens (tertiary/aromatic N) is 1. The summed E-state index contributed by atoms with van der Waals surface area (Å²) in [4.78, 5) is 5.75. The van der Waals surface area contributed by atoms with Gasteiger partial charge < -0.3 is 11.5 Å². The molecule has 2 rings (SSSR count). The second kappa shape index (κ2) is 6.09. The van der Waals surface area contributed by atoms with Crippen LogP contribution >= 0.6 is 23.4 Å². The van der Waals surface area contributed by atoms with E-state index < -0.39 is 5.50 Å². The smallest absolute Gasteiger partial charge is 0.105 e. The highest BCUT2D eigenvalue weighted by atomic mass is 35.5. The fraction of sp³-hybridized carbons (Fsp3) is 0.357. The third-order valence-electron chi connectivity index (χ3n) is 2.98. The number of benzene rings is 1. The summed E-state index contributed by atoms with van der Waals surface area (Å²) in [6, 6.07) is 5.81.